The molecule has 4 aliphatic carbocycles. The molecule has 0 spiro atoms. The van der Waals surface area contributed by atoms with Crippen LogP contribution in [0.25, 0.3) is 0 Å². The minimum atomic E-state index is -1.75. The molecule has 4 aliphatic rings. The molecule has 0 aromatic carbocycles. The lowest BCUT2D eigenvalue weighted by Gasteiger charge is -2.57. The maximum atomic E-state index is 14.3. The van der Waals surface area contributed by atoms with E-state index in [0.717, 1.165) is 32.1 Å². The highest BCUT2D eigenvalue weighted by Gasteiger charge is 2.65. The Balaban J connectivity index is 1.66. The number of hydrogen-bond donors (Lipinski definition) is 0. The lowest BCUT2D eigenvalue weighted by Crippen LogP contribution is -2.56. The van der Waals surface area contributed by atoms with Crippen LogP contribution in [0.3, 0.4) is 0 Å². The highest BCUT2D eigenvalue weighted by molar-refractivity contribution is 6.70. The van der Waals surface area contributed by atoms with Crippen LogP contribution in [0.2, 0.25) is 58.9 Å². The number of rotatable bonds is 7. The minimum absolute atomic E-state index is 0.00567. The fraction of sp³-hybridized carbons (Fsp3) is 0.900. The number of hydrogen-bond acceptors (Lipinski definition) is 4. The summed E-state index contributed by atoms with van der Waals surface area (Å²) in [6.07, 6.45) is 9.18. The summed E-state index contributed by atoms with van der Waals surface area (Å²) in [7, 11) is -5.05. The fourth-order valence-corrected chi connectivity index (χ4v) is 12.7. The monoisotopic (exact) mass is 564 g/mol. The molecule has 0 bridgehead atoms. The molecule has 7 heteroatoms. The average Bonchev–Trinajstić information content (AvgIpc) is 2.95. The molecule has 3 saturated carbocycles. The molecule has 0 saturated heterocycles. The van der Waals surface area contributed by atoms with E-state index in [1.54, 1.807) is 0 Å². The zero-order valence-corrected chi connectivity index (χ0v) is 29.0. The van der Waals surface area contributed by atoms with Gasteiger partial charge in [0, 0.05) is 30.5 Å². The van der Waals surface area contributed by atoms with Crippen LogP contribution in [0, 0.1) is 34.5 Å². The van der Waals surface area contributed by atoms with Gasteiger partial charge >= 0.3 is 0 Å². The fourth-order valence-electron chi connectivity index (χ4n) is 9.13. The van der Waals surface area contributed by atoms with Crippen LogP contribution in [-0.2, 0) is 18.1 Å². The smallest absolute Gasteiger partial charge is 0.184 e. The van der Waals surface area contributed by atoms with Crippen LogP contribution in [0.15, 0.2) is 11.6 Å². The van der Waals surface area contributed by atoms with Crippen molar-refractivity contribution in [3.05, 3.63) is 11.6 Å². The van der Waals surface area contributed by atoms with Crippen molar-refractivity contribution in [2.45, 2.75) is 137 Å². The van der Waals surface area contributed by atoms with Crippen molar-refractivity contribution in [1.82, 2.24) is 0 Å². The summed E-state index contributed by atoms with van der Waals surface area (Å²) in [6, 6.07) is 0. The van der Waals surface area contributed by atoms with Crippen LogP contribution < -0.4 is 0 Å². The van der Waals surface area contributed by atoms with Gasteiger partial charge in [0.1, 0.15) is 5.78 Å². The van der Waals surface area contributed by atoms with E-state index >= 15 is 0 Å². The molecule has 0 heterocycles. The molecule has 37 heavy (non-hydrogen) atoms. The molecular weight excluding hydrogens is 509 g/mol. The second kappa shape index (κ2) is 9.79. The number of carbonyl (C=O) groups is 1. The Bertz CT molecular complexity index is 913. The molecule has 212 valence electrons. The second-order valence-electron chi connectivity index (χ2n) is 16.3. The molecule has 0 radical (unpaired) electrons. The van der Waals surface area contributed by atoms with E-state index in [1.807, 2.05) is 0 Å². The number of ketones is 1. The van der Waals surface area contributed by atoms with Gasteiger partial charge in [0.25, 0.3) is 0 Å². The quantitative estimate of drug-likeness (QED) is 0.232. The van der Waals surface area contributed by atoms with Gasteiger partial charge in [0.15, 0.2) is 25.0 Å². The molecule has 0 amide bonds. The lowest BCUT2D eigenvalue weighted by molar-refractivity contribution is -0.146. The summed E-state index contributed by atoms with van der Waals surface area (Å²) in [4.78, 5) is 14.3. The molecule has 0 aromatic heterocycles. The third-order valence-corrected chi connectivity index (χ3v) is 13.0. The first-order chi connectivity index (χ1) is 16.7. The van der Waals surface area contributed by atoms with Gasteiger partial charge < -0.3 is 13.3 Å². The maximum Gasteiger partial charge on any atom is 0.184 e. The van der Waals surface area contributed by atoms with Crippen LogP contribution >= 0.6 is 0 Å². The van der Waals surface area contributed by atoms with Gasteiger partial charge in [-0.2, -0.15) is 0 Å². The molecular formula is C30H56O4Si3. The van der Waals surface area contributed by atoms with E-state index in [1.165, 1.54) is 5.57 Å². The zero-order valence-electron chi connectivity index (χ0n) is 26.0. The van der Waals surface area contributed by atoms with Crippen molar-refractivity contribution >= 4 is 30.7 Å². The van der Waals surface area contributed by atoms with E-state index in [-0.39, 0.29) is 34.9 Å². The van der Waals surface area contributed by atoms with E-state index in [2.05, 4.69) is 85.8 Å². The van der Waals surface area contributed by atoms with Crippen molar-refractivity contribution in [3.8, 4) is 0 Å². The lowest BCUT2D eigenvalue weighted by atomic mass is 9.47. The maximum absolute atomic E-state index is 14.3. The normalized spacial score (nSPS) is 41.5. The van der Waals surface area contributed by atoms with E-state index < -0.39 is 25.0 Å². The van der Waals surface area contributed by atoms with Crippen molar-refractivity contribution < 1.29 is 18.1 Å². The SMILES string of the molecule is C[C@H](O[Si](C)(C)C)[C@H]1[C@H](O[Si](C)(C)C)CC2C3CC=C4C[C@@H](O[Si](C)(C)C)CC[C@]4(C)C3C(=O)C[C@@]21C. The molecule has 0 aromatic rings. The molecule has 3 fully saturated rings. The highest BCUT2D eigenvalue weighted by Crippen LogP contribution is 2.66. The molecule has 9 atom stereocenters. The van der Waals surface area contributed by atoms with E-state index in [4.69, 9.17) is 13.3 Å². The van der Waals surface area contributed by atoms with Gasteiger partial charge in [0.2, 0.25) is 0 Å². The Labute approximate surface area is 231 Å². The first-order valence-corrected chi connectivity index (χ1v) is 25.2. The van der Waals surface area contributed by atoms with E-state index in [9.17, 15) is 4.79 Å². The topological polar surface area (TPSA) is 44.8 Å². The standard InChI is InChI=1S/C30H56O4Si3/c1-20(32-35(4,5)6)27-26(34-37(10,11)12)18-24-23-14-13-21-17-22(33-36(7,8)9)15-16-29(21,2)28(23)25(31)19-30(24,27)3/h13,20,22-24,26-28H,14-19H2,1-12H3/t20-,22-,23?,24?,26+,27-,28?,29-,30-/m0/s1. The van der Waals surface area contributed by atoms with Crippen LogP contribution in [0.4, 0.5) is 0 Å². The summed E-state index contributed by atoms with van der Waals surface area (Å²) >= 11 is 0. The molecule has 3 unspecified atom stereocenters. The van der Waals surface area contributed by atoms with Crippen LogP contribution in [-0.4, -0.2) is 49.0 Å². The van der Waals surface area contributed by atoms with Gasteiger partial charge in [-0.3, -0.25) is 4.79 Å². The van der Waals surface area contributed by atoms with Crippen molar-refractivity contribution in [2.24, 2.45) is 34.5 Å². The Kier molecular flexibility index (Phi) is 7.92. The predicted molar refractivity (Wildman–Crippen MR) is 161 cm³/mol. The molecule has 0 aliphatic heterocycles. The summed E-state index contributed by atoms with van der Waals surface area (Å²) < 4.78 is 20.2. The average molecular weight is 565 g/mol. The van der Waals surface area contributed by atoms with Gasteiger partial charge in [-0.15, -0.1) is 0 Å². The Morgan fingerprint density at radius 2 is 1.57 bits per heavy atom. The summed E-state index contributed by atoms with van der Waals surface area (Å²) in [5.74, 6) is 1.88. The third-order valence-electron chi connectivity index (χ3n) is 9.90. The summed E-state index contributed by atoms with van der Waals surface area (Å²) in [6.45, 7) is 27.8. The van der Waals surface area contributed by atoms with Gasteiger partial charge in [-0.25, -0.2) is 0 Å². The summed E-state index contributed by atoms with van der Waals surface area (Å²) in [5, 5.41) is 0. The van der Waals surface area contributed by atoms with Gasteiger partial charge in [-0.1, -0.05) is 25.5 Å². The first kappa shape index (κ1) is 29.9. The van der Waals surface area contributed by atoms with Crippen LogP contribution in [0.1, 0.15) is 59.3 Å². The number of fused-ring (bicyclic) bond motifs is 5. The molecule has 4 nitrogen and oxygen atoms in total. The first-order valence-electron chi connectivity index (χ1n) is 15.0. The third kappa shape index (κ3) is 6.02. The summed E-state index contributed by atoms with van der Waals surface area (Å²) in [5.41, 5.74) is 1.45. The Morgan fingerprint density at radius 3 is 2.14 bits per heavy atom. The predicted octanol–water partition coefficient (Wildman–Crippen LogP) is 8.03. The zero-order chi connectivity index (χ0) is 27.8. The minimum Gasteiger partial charge on any atom is -0.415 e. The Morgan fingerprint density at radius 1 is 0.946 bits per heavy atom. The van der Waals surface area contributed by atoms with Crippen molar-refractivity contribution in [3.63, 3.8) is 0 Å². The van der Waals surface area contributed by atoms with Crippen LogP contribution in [0.5, 0.6) is 0 Å². The number of Topliss-reactive ketones (excluding diaryl/α,β-unsaturated/α-hetero) is 1. The second-order valence-corrected chi connectivity index (χ2v) is 29.7. The number of carbonyl (C=O) groups excluding carboxylic acids is 1. The Hall–Kier alpha value is -0.0594. The largest absolute Gasteiger partial charge is 0.415 e. The highest BCUT2D eigenvalue weighted by atomic mass is 28.4. The molecule has 4 rings (SSSR count). The van der Waals surface area contributed by atoms with Gasteiger partial charge in [0.05, 0.1) is 6.10 Å². The van der Waals surface area contributed by atoms with Gasteiger partial charge in [-0.05, 0) is 121 Å². The van der Waals surface area contributed by atoms with Crippen molar-refractivity contribution in [1.29, 1.82) is 0 Å². The van der Waals surface area contributed by atoms with E-state index in [0.29, 0.717) is 30.1 Å². The van der Waals surface area contributed by atoms with Crippen molar-refractivity contribution in [2.75, 3.05) is 0 Å². The molecule has 0 N–H and O–H groups in total. The number of allylic oxidation sites excluding steroid dienone is 1.